The summed E-state index contributed by atoms with van der Waals surface area (Å²) in [6, 6.07) is 0. The predicted octanol–water partition coefficient (Wildman–Crippen LogP) is 0.792. The lowest BCUT2D eigenvalue weighted by molar-refractivity contribution is -0.0426. The molecule has 2 aliphatic carbocycles. The van der Waals surface area contributed by atoms with E-state index in [-0.39, 0.29) is 12.2 Å². The SMILES string of the molecule is CO[C@@H]1[C@H]2CC[C@@H](C2)[C@H]1O. The van der Waals surface area contributed by atoms with Crippen molar-refractivity contribution in [3.63, 3.8) is 0 Å². The largest absolute Gasteiger partial charge is 0.390 e. The molecule has 0 heterocycles. The molecule has 2 nitrogen and oxygen atoms in total. The normalized spacial score (nSPS) is 52.2. The Morgan fingerprint density at radius 2 is 2.00 bits per heavy atom. The Hall–Kier alpha value is -0.0800. The minimum atomic E-state index is -0.163. The van der Waals surface area contributed by atoms with Gasteiger partial charge in [-0.25, -0.2) is 0 Å². The Labute approximate surface area is 61.2 Å². The van der Waals surface area contributed by atoms with Crippen molar-refractivity contribution in [3.8, 4) is 0 Å². The van der Waals surface area contributed by atoms with Crippen LogP contribution in [0, 0.1) is 11.8 Å². The number of fused-ring (bicyclic) bond motifs is 2. The Bertz CT molecular complexity index is 133. The third-order valence-electron chi connectivity index (χ3n) is 3.07. The number of aliphatic hydroxyl groups is 1. The summed E-state index contributed by atoms with van der Waals surface area (Å²) in [5.41, 5.74) is 0. The van der Waals surface area contributed by atoms with E-state index in [1.54, 1.807) is 7.11 Å². The summed E-state index contributed by atoms with van der Waals surface area (Å²) in [6.07, 6.45) is 3.66. The number of hydrogen-bond acceptors (Lipinski definition) is 2. The maximum Gasteiger partial charge on any atom is 0.0861 e. The van der Waals surface area contributed by atoms with Gasteiger partial charge >= 0.3 is 0 Å². The molecule has 0 spiro atoms. The van der Waals surface area contributed by atoms with Gasteiger partial charge in [-0.2, -0.15) is 0 Å². The number of aliphatic hydroxyl groups excluding tert-OH is 1. The molecule has 0 aromatic carbocycles. The highest BCUT2D eigenvalue weighted by Gasteiger charge is 2.46. The molecule has 0 radical (unpaired) electrons. The predicted molar refractivity (Wildman–Crippen MR) is 37.6 cm³/mol. The smallest absolute Gasteiger partial charge is 0.0861 e. The molecule has 4 atom stereocenters. The Morgan fingerprint density at radius 3 is 2.40 bits per heavy atom. The molecule has 0 unspecified atom stereocenters. The number of hydrogen-bond donors (Lipinski definition) is 1. The van der Waals surface area contributed by atoms with Gasteiger partial charge in [0.25, 0.3) is 0 Å². The molecule has 0 aromatic rings. The average molecular weight is 142 g/mol. The number of rotatable bonds is 1. The van der Waals surface area contributed by atoms with Crippen LogP contribution >= 0.6 is 0 Å². The summed E-state index contributed by atoms with van der Waals surface area (Å²) in [7, 11) is 1.70. The molecule has 2 heteroatoms. The molecule has 0 saturated heterocycles. The second-order valence-corrected chi connectivity index (χ2v) is 3.52. The molecule has 0 amide bonds. The van der Waals surface area contributed by atoms with Gasteiger partial charge in [0.05, 0.1) is 12.2 Å². The summed E-state index contributed by atoms with van der Waals surface area (Å²) in [5.74, 6) is 1.21. The Kier molecular flexibility index (Phi) is 1.46. The van der Waals surface area contributed by atoms with Crippen LogP contribution in [0.25, 0.3) is 0 Å². The van der Waals surface area contributed by atoms with Crippen molar-refractivity contribution in [3.05, 3.63) is 0 Å². The summed E-state index contributed by atoms with van der Waals surface area (Å²) in [5, 5.41) is 9.55. The first-order chi connectivity index (χ1) is 4.83. The molecule has 0 aromatic heterocycles. The van der Waals surface area contributed by atoms with Crippen molar-refractivity contribution in [2.45, 2.75) is 31.5 Å². The van der Waals surface area contributed by atoms with Crippen molar-refractivity contribution in [1.82, 2.24) is 0 Å². The van der Waals surface area contributed by atoms with Gasteiger partial charge in [-0.3, -0.25) is 0 Å². The van der Waals surface area contributed by atoms with Crippen LogP contribution < -0.4 is 0 Å². The molecule has 0 aliphatic heterocycles. The summed E-state index contributed by atoms with van der Waals surface area (Å²) < 4.78 is 5.21. The van der Waals surface area contributed by atoms with Crippen LogP contribution in [0.2, 0.25) is 0 Å². The number of methoxy groups -OCH3 is 1. The van der Waals surface area contributed by atoms with Crippen LogP contribution in [-0.2, 0) is 4.74 Å². The minimum Gasteiger partial charge on any atom is -0.390 e. The first kappa shape index (κ1) is 6.62. The summed E-state index contributed by atoms with van der Waals surface area (Å²) in [6.45, 7) is 0. The average Bonchev–Trinajstić information content (AvgIpc) is 2.46. The first-order valence-corrected chi connectivity index (χ1v) is 4.04. The van der Waals surface area contributed by atoms with Gasteiger partial charge in [-0.15, -0.1) is 0 Å². The van der Waals surface area contributed by atoms with Gasteiger partial charge in [0.15, 0.2) is 0 Å². The molecular formula is C8H14O2. The lowest BCUT2D eigenvalue weighted by atomic mass is 9.95. The Morgan fingerprint density at radius 1 is 1.30 bits per heavy atom. The standard InChI is InChI=1S/C8H14O2/c1-10-8-6-3-2-5(4-6)7(8)9/h5-9H,2-4H2,1H3/t5-,6-,7+,8+/m0/s1. The van der Waals surface area contributed by atoms with Crippen molar-refractivity contribution in [1.29, 1.82) is 0 Å². The fraction of sp³-hybridized carbons (Fsp3) is 1.00. The van der Waals surface area contributed by atoms with Crippen molar-refractivity contribution < 1.29 is 9.84 Å². The molecule has 1 N–H and O–H groups in total. The molecule has 2 rings (SSSR count). The highest BCUT2D eigenvalue weighted by molar-refractivity contribution is 4.97. The van der Waals surface area contributed by atoms with E-state index >= 15 is 0 Å². The van der Waals surface area contributed by atoms with Gasteiger partial charge in [0.1, 0.15) is 0 Å². The topological polar surface area (TPSA) is 29.5 Å². The molecule has 2 aliphatic rings. The van der Waals surface area contributed by atoms with Gasteiger partial charge in [0.2, 0.25) is 0 Å². The molecule has 58 valence electrons. The van der Waals surface area contributed by atoms with Crippen molar-refractivity contribution in [2.75, 3.05) is 7.11 Å². The molecule has 2 bridgehead atoms. The quantitative estimate of drug-likeness (QED) is 0.586. The third-order valence-corrected chi connectivity index (χ3v) is 3.07. The number of ether oxygens (including phenoxy) is 1. The molecule has 2 fully saturated rings. The maximum absolute atomic E-state index is 9.55. The fourth-order valence-electron chi connectivity index (χ4n) is 2.54. The zero-order valence-electron chi connectivity index (χ0n) is 6.29. The second-order valence-electron chi connectivity index (χ2n) is 3.52. The van der Waals surface area contributed by atoms with Crippen molar-refractivity contribution in [2.24, 2.45) is 11.8 Å². The van der Waals surface area contributed by atoms with Gasteiger partial charge in [-0.05, 0) is 31.1 Å². The highest BCUT2D eigenvalue weighted by Crippen LogP contribution is 2.45. The van der Waals surface area contributed by atoms with Crippen LogP contribution in [0.1, 0.15) is 19.3 Å². The van der Waals surface area contributed by atoms with Gasteiger partial charge < -0.3 is 9.84 Å². The first-order valence-electron chi connectivity index (χ1n) is 4.04. The summed E-state index contributed by atoms with van der Waals surface area (Å²) >= 11 is 0. The van der Waals surface area contributed by atoms with Crippen LogP contribution in [-0.4, -0.2) is 24.4 Å². The van der Waals surface area contributed by atoms with Crippen molar-refractivity contribution >= 4 is 0 Å². The lowest BCUT2D eigenvalue weighted by Gasteiger charge is -2.25. The van der Waals surface area contributed by atoms with E-state index < -0.39 is 0 Å². The zero-order valence-corrected chi connectivity index (χ0v) is 6.29. The van der Waals surface area contributed by atoms with Crippen LogP contribution in [0.5, 0.6) is 0 Å². The van der Waals surface area contributed by atoms with E-state index in [0.29, 0.717) is 11.8 Å². The third kappa shape index (κ3) is 0.722. The maximum atomic E-state index is 9.55. The highest BCUT2D eigenvalue weighted by atomic mass is 16.5. The molecular weight excluding hydrogens is 128 g/mol. The van der Waals surface area contributed by atoms with Crippen LogP contribution in [0.15, 0.2) is 0 Å². The van der Waals surface area contributed by atoms with E-state index in [0.717, 1.165) is 0 Å². The monoisotopic (exact) mass is 142 g/mol. The molecule has 10 heavy (non-hydrogen) atoms. The summed E-state index contributed by atoms with van der Waals surface area (Å²) in [4.78, 5) is 0. The Balaban J connectivity index is 2.10. The fourth-order valence-corrected chi connectivity index (χ4v) is 2.54. The van der Waals surface area contributed by atoms with E-state index in [9.17, 15) is 5.11 Å². The van der Waals surface area contributed by atoms with E-state index in [4.69, 9.17) is 4.74 Å². The van der Waals surface area contributed by atoms with Gasteiger partial charge in [0, 0.05) is 7.11 Å². The van der Waals surface area contributed by atoms with Gasteiger partial charge in [-0.1, -0.05) is 0 Å². The van der Waals surface area contributed by atoms with E-state index in [2.05, 4.69) is 0 Å². The molecule has 2 saturated carbocycles. The van der Waals surface area contributed by atoms with E-state index in [1.807, 2.05) is 0 Å². The zero-order chi connectivity index (χ0) is 7.14. The van der Waals surface area contributed by atoms with Crippen LogP contribution in [0.3, 0.4) is 0 Å². The van der Waals surface area contributed by atoms with Crippen LogP contribution in [0.4, 0.5) is 0 Å². The second kappa shape index (κ2) is 2.21. The lowest BCUT2D eigenvalue weighted by Crippen LogP contribution is -2.33. The minimum absolute atomic E-state index is 0.152. The van der Waals surface area contributed by atoms with E-state index in [1.165, 1.54) is 19.3 Å².